The Bertz CT molecular complexity index is 647. The van der Waals surface area contributed by atoms with Crippen LogP contribution in [0.3, 0.4) is 0 Å². The van der Waals surface area contributed by atoms with Gasteiger partial charge in [-0.05, 0) is 48.7 Å². The molecule has 0 saturated heterocycles. The topological polar surface area (TPSA) is 45.9 Å². The van der Waals surface area contributed by atoms with Crippen LogP contribution in [-0.4, -0.2) is 4.98 Å². The third kappa shape index (κ3) is 2.86. The number of halogens is 1. The zero-order valence-corrected chi connectivity index (χ0v) is 11.5. The van der Waals surface area contributed by atoms with Crippen LogP contribution >= 0.6 is 11.6 Å². The fourth-order valence-electron chi connectivity index (χ4n) is 1.74. The highest BCUT2D eigenvalue weighted by Gasteiger charge is 2.09. The molecule has 0 aliphatic heterocycles. The standard InChI is InChI=1S/C15H13ClN2O/c1-3-11-8-12(4-5-14(11)16)19-15-13(9-17)10(2)6-7-18-15/h4-8H,3H2,1-2H3. The van der Waals surface area contributed by atoms with Gasteiger partial charge in [0.15, 0.2) is 0 Å². The number of pyridine rings is 1. The number of hydrogen-bond donors (Lipinski definition) is 0. The van der Waals surface area contributed by atoms with Crippen molar-refractivity contribution in [2.45, 2.75) is 20.3 Å². The average Bonchev–Trinajstić information content (AvgIpc) is 2.41. The molecule has 3 nitrogen and oxygen atoms in total. The minimum Gasteiger partial charge on any atom is -0.438 e. The zero-order chi connectivity index (χ0) is 13.8. The molecule has 1 aromatic heterocycles. The smallest absolute Gasteiger partial charge is 0.237 e. The first kappa shape index (κ1) is 13.4. The Hall–Kier alpha value is -2.05. The van der Waals surface area contributed by atoms with E-state index in [0.29, 0.717) is 22.2 Å². The van der Waals surface area contributed by atoms with Crippen LogP contribution < -0.4 is 4.74 Å². The van der Waals surface area contributed by atoms with Crippen LogP contribution in [0.5, 0.6) is 11.6 Å². The van der Waals surface area contributed by atoms with Crippen molar-refractivity contribution >= 4 is 11.6 Å². The van der Waals surface area contributed by atoms with Gasteiger partial charge in [-0.25, -0.2) is 4.98 Å². The Morgan fingerprint density at radius 2 is 2.16 bits per heavy atom. The van der Waals surface area contributed by atoms with Gasteiger partial charge in [-0.3, -0.25) is 0 Å². The summed E-state index contributed by atoms with van der Waals surface area (Å²) in [5.74, 6) is 0.961. The highest BCUT2D eigenvalue weighted by atomic mass is 35.5. The molecule has 0 amide bonds. The highest BCUT2D eigenvalue weighted by Crippen LogP contribution is 2.28. The number of benzene rings is 1. The van der Waals surface area contributed by atoms with Gasteiger partial charge in [0, 0.05) is 11.2 Å². The quantitative estimate of drug-likeness (QED) is 0.838. The van der Waals surface area contributed by atoms with Crippen LogP contribution in [0, 0.1) is 18.3 Å². The third-order valence-electron chi connectivity index (χ3n) is 2.85. The summed E-state index contributed by atoms with van der Waals surface area (Å²) in [6.45, 7) is 3.88. The van der Waals surface area contributed by atoms with E-state index in [1.165, 1.54) is 0 Å². The predicted molar refractivity (Wildman–Crippen MR) is 74.6 cm³/mol. The minimum absolute atomic E-state index is 0.326. The van der Waals surface area contributed by atoms with Crippen molar-refractivity contribution in [1.82, 2.24) is 4.98 Å². The van der Waals surface area contributed by atoms with Gasteiger partial charge in [-0.1, -0.05) is 18.5 Å². The van der Waals surface area contributed by atoms with E-state index in [4.69, 9.17) is 21.6 Å². The zero-order valence-electron chi connectivity index (χ0n) is 10.8. The Kier molecular flexibility index (Phi) is 4.03. The van der Waals surface area contributed by atoms with Crippen molar-refractivity contribution in [3.8, 4) is 17.7 Å². The molecule has 0 unspecified atom stereocenters. The van der Waals surface area contributed by atoms with Gasteiger partial charge in [0.05, 0.1) is 0 Å². The monoisotopic (exact) mass is 272 g/mol. The fourth-order valence-corrected chi connectivity index (χ4v) is 2.00. The molecule has 19 heavy (non-hydrogen) atoms. The number of ether oxygens (including phenoxy) is 1. The van der Waals surface area contributed by atoms with Crippen molar-refractivity contribution in [1.29, 1.82) is 5.26 Å². The number of hydrogen-bond acceptors (Lipinski definition) is 3. The molecule has 0 aliphatic carbocycles. The van der Waals surface area contributed by atoms with Crippen molar-refractivity contribution in [3.63, 3.8) is 0 Å². The summed E-state index contributed by atoms with van der Waals surface area (Å²) in [5, 5.41) is 9.85. The average molecular weight is 273 g/mol. The summed E-state index contributed by atoms with van der Waals surface area (Å²) in [6.07, 6.45) is 2.45. The van der Waals surface area contributed by atoms with Gasteiger partial charge < -0.3 is 4.74 Å². The van der Waals surface area contributed by atoms with Crippen molar-refractivity contribution < 1.29 is 4.74 Å². The Morgan fingerprint density at radius 3 is 2.84 bits per heavy atom. The summed E-state index contributed by atoms with van der Waals surface area (Å²) < 4.78 is 5.69. The van der Waals surface area contributed by atoms with Gasteiger partial charge in [-0.15, -0.1) is 0 Å². The summed E-state index contributed by atoms with van der Waals surface area (Å²) in [6, 6.07) is 9.32. The molecule has 0 spiro atoms. The molecule has 0 radical (unpaired) electrons. The molecule has 0 atom stereocenters. The SMILES string of the molecule is CCc1cc(Oc2nccc(C)c2C#N)ccc1Cl. The van der Waals surface area contributed by atoms with E-state index in [9.17, 15) is 0 Å². The molecule has 2 rings (SSSR count). The fraction of sp³-hybridized carbons (Fsp3) is 0.200. The third-order valence-corrected chi connectivity index (χ3v) is 3.22. The van der Waals surface area contributed by atoms with Crippen LogP contribution in [0.1, 0.15) is 23.6 Å². The molecule has 0 aliphatic rings. The van der Waals surface area contributed by atoms with Crippen LogP contribution in [0.25, 0.3) is 0 Å². The van der Waals surface area contributed by atoms with Crippen molar-refractivity contribution in [3.05, 3.63) is 52.2 Å². The first-order valence-corrected chi connectivity index (χ1v) is 6.35. The van der Waals surface area contributed by atoms with E-state index < -0.39 is 0 Å². The van der Waals surface area contributed by atoms with Crippen molar-refractivity contribution in [2.24, 2.45) is 0 Å². The Balaban J connectivity index is 2.37. The first-order valence-electron chi connectivity index (χ1n) is 5.97. The molecule has 0 fully saturated rings. The van der Waals surface area contributed by atoms with Gasteiger partial charge >= 0.3 is 0 Å². The van der Waals surface area contributed by atoms with Gasteiger partial charge in [0.25, 0.3) is 0 Å². The lowest BCUT2D eigenvalue weighted by molar-refractivity contribution is 0.460. The maximum atomic E-state index is 9.13. The first-order chi connectivity index (χ1) is 9.15. The summed E-state index contributed by atoms with van der Waals surface area (Å²) in [5.41, 5.74) is 2.30. The van der Waals surface area contributed by atoms with Gasteiger partial charge in [-0.2, -0.15) is 5.26 Å². The van der Waals surface area contributed by atoms with E-state index in [-0.39, 0.29) is 0 Å². The highest BCUT2D eigenvalue weighted by molar-refractivity contribution is 6.31. The van der Waals surface area contributed by atoms with Crippen molar-refractivity contribution in [2.75, 3.05) is 0 Å². The predicted octanol–water partition coefficient (Wildman–Crippen LogP) is 4.27. The molecule has 1 aromatic carbocycles. The van der Waals surface area contributed by atoms with E-state index in [1.54, 1.807) is 24.4 Å². The van der Waals surface area contributed by atoms with Crippen LogP contribution in [-0.2, 0) is 6.42 Å². The van der Waals surface area contributed by atoms with Crippen LogP contribution in [0.4, 0.5) is 0 Å². The summed E-state index contributed by atoms with van der Waals surface area (Å²) in [4.78, 5) is 4.11. The Labute approximate surface area is 117 Å². The van der Waals surface area contributed by atoms with E-state index in [2.05, 4.69) is 11.1 Å². The normalized spacial score (nSPS) is 10.0. The molecule has 0 N–H and O–H groups in total. The Morgan fingerprint density at radius 1 is 1.37 bits per heavy atom. The van der Waals surface area contributed by atoms with Gasteiger partial charge in [0.2, 0.25) is 5.88 Å². The van der Waals surface area contributed by atoms with Crippen LogP contribution in [0.2, 0.25) is 5.02 Å². The van der Waals surface area contributed by atoms with Gasteiger partial charge in [0.1, 0.15) is 17.4 Å². The van der Waals surface area contributed by atoms with E-state index in [1.807, 2.05) is 19.9 Å². The molecule has 1 heterocycles. The number of aryl methyl sites for hydroxylation is 2. The second-order valence-corrected chi connectivity index (χ2v) is 4.54. The number of rotatable bonds is 3. The number of aromatic nitrogens is 1. The molecule has 4 heteroatoms. The summed E-state index contributed by atoms with van der Waals surface area (Å²) in [7, 11) is 0. The van der Waals surface area contributed by atoms with E-state index >= 15 is 0 Å². The molecule has 0 saturated carbocycles. The van der Waals surface area contributed by atoms with E-state index in [0.717, 1.165) is 17.5 Å². The van der Waals surface area contributed by atoms with Crippen LogP contribution in [0.15, 0.2) is 30.5 Å². The number of nitrogens with zero attached hydrogens (tertiary/aromatic N) is 2. The second-order valence-electron chi connectivity index (χ2n) is 4.13. The lowest BCUT2D eigenvalue weighted by Gasteiger charge is -2.09. The minimum atomic E-state index is 0.326. The maximum absolute atomic E-state index is 9.13. The number of nitriles is 1. The molecule has 96 valence electrons. The molecular weight excluding hydrogens is 260 g/mol. The largest absolute Gasteiger partial charge is 0.438 e. The molecular formula is C15H13ClN2O. The molecule has 2 aromatic rings. The lowest BCUT2D eigenvalue weighted by Crippen LogP contribution is -1.95. The summed E-state index contributed by atoms with van der Waals surface area (Å²) >= 11 is 6.06. The second kappa shape index (κ2) is 5.73. The molecule has 0 bridgehead atoms. The lowest BCUT2D eigenvalue weighted by atomic mass is 10.1. The maximum Gasteiger partial charge on any atom is 0.237 e.